The maximum atomic E-state index is 11.8. The molecule has 0 aliphatic carbocycles. The van der Waals surface area contributed by atoms with Crippen molar-refractivity contribution in [2.75, 3.05) is 13.2 Å². The zero-order chi connectivity index (χ0) is 12.1. The van der Waals surface area contributed by atoms with Crippen LogP contribution in [-0.4, -0.2) is 24.2 Å². The summed E-state index contributed by atoms with van der Waals surface area (Å²) in [6.07, 6.45) is 2.69. The third kappa shape index (κ3) is 3.28. The average molecular weight is 269 g/mol. The lowest BCUT2D eigenvalue weighted by molar-refractivity contribution is 0.0957. The lowest BCUT2D eigenvalue weighted by Gasteiger charge is -2.02. The molecule has 2 rings (SSSR count). The summed E-state index contributed by atoms with van der Waals surface area (Å²) in [7, 11) is 0. The number of hydrogen-bond donors (Lipinski definition) is 2. The molecule has 0 aromatic carbocycles. The molecule has 17 heavy (non-hydrogen) atoms. The van der Waals surface area contributed by atoms with Crippen LogP contribution in [0.1, 0.15) is 28.9 Å². The standard InChI is InChI=1S/C12H15NO2S2/c14-6-3-1-2-5-13-12(15)11-8-10-9(17-11)4-7-16-10/h4,7-8,14H,1-3,5-6H2,(H,13,15). The number of nitrogens with one attached hydrogen (secondary N) is 1. The highest BCUT2D eigenvalue weighted by atomic mass is 32.1. The Hall–Kier alpha value is -0.910. The summed E-state index contributed by atoms with van der Waals surface area (Å²) in [6, 6.07) is 4.00. The van der Waals surface area contributed by atoms with Gasteiger partial charge in [-0.05, 0) is 36.8 Å². The van der Waals surface area contributed by atoms with Crippen LogP contribution in [-0.2, 0) is 0 Å². The van der Waals surface area contributed by atoms with Gasteiger partial charge in [0.25, 0.3) is 5.91 Å². The highest BCUT2D eigenvalue weighted by Gasteiger charge is 2.09. The molecular weight excluding hydrogens is 254 g/mol. The van der Waals surface area contributed by atoms with Crippen molar-refractivity contribution in [3.8, 4) is 0 Å². The number of amides is 1. The van der Waals surface area contributed by atoms with Gasteiger partial charge in [-0.1, -0.05) is 0 Å². The first-order valence-electron chi connectivity index (χ1n) is 5.67. The van der Waals surface area contributed by atoms with Crippen molar-refractivity contribution in [2.24, 2.45) is 0 Å². The molecule has 0 spiro atoms. The predicted molar refractivity (Wildman–Crippen MR) is 73.0 cm³/mol. The molecule has 0 aliphatic heterocycles. The lowest BCUT2D eigenvalue weighted by Crippen LogP contribution is -2.23. The van der Waals surface area contributed by atoms with Gasteiger partial charge in [-0.15, -0.1) is 22.7 Å². The van der Waals surface area contributed by atoms with E-state index in [1.807, 2.05) is 17.5 Å². The number of aliphatic hydroxyl groups is 1. The predicted octanol–water partition coefficient (Wildman–Crippen LogP) is 2.86. The molecule has 0 saturated carbocycles. The molecule has 0 unspecified atom stereocenters. The number of aliphatic hydroxyl groups excluding tert-OH is 1. The molecule has 0 aliphatic rings. The molecule has 2 heterocycles. The zero-order valence-corrected chi connectivity index (χ0v) is 11.1. The molecule has 92 valence electrons. The first-order chi connectivity index (χ1) is 8.31. The van der Waals surface area contributed by atoms with E-state index in [1.165, 1.54) is 20.7 Å². The summed E-state index contributed by atoms with van der Waals surface area (Å²) < 4.78 is 2.36. The minimum Gasteiger partial charge on any atom is -0.396 e. The van der Waals surface area contributed by atoms with Gasteiger partial charge in [-0.25, -0.2) is 0 Å². The van der Waals surface area contributed by atoms with Crippen LogP contribution in [0.15, 0.2) is 17.5 Å². The molecule has 0 radical (unpaired) electrons. The van der Waals surface area contributed by atoms with Crippen LogP contribution in [0.3, 0.4) is 0 Å². The number of thiophene rings is 2. The molecular formula is C12H15NO2S2. The van der Waals surface area contributed by atoms with Crippen LogP contribution in [0.2, 0.25) is 0 Å². The van der Waals surface area contributed by atoms with Gasteiger partial charge >= 0.3 is 0 Å². The summed E-state index contributed by atoms with van der Waals surface area (Å²) in [4.78, 5) is 12.6. The van der Waals surface area contributed by atoms with E-state index in [1.54, 1.807) is 11.3 Å². The number of carbonyl (C=O) groups excluding carboxylic acids is 1. The second-order valence-corrected chi connectivity index (χ2v) is 5.83. The van der Waals surface area contributed by atoms with E-state index in [0.717, 1.165) is 24.1 Å². The first kappa shape index (κ1) is 12.5. The van der Waals surface area contributed by atoms with Gasteiger partial charge in [0.05, 0.1) is 4.88 Å². The van der Waals surface area contributed by atoms with Crippen LogP contribution in [0.25, 0.3) is 9.40 Å². The highest BCUT2D eigenvalue weighted by Crippen LogP contribution is 2.29. The fourth-order valence-corrected chi connectivity index (χ4v) is 3.61. The summed E-state index contributed by atoms with van der Waals surface area (Å²) in [6.45, 7) is 0.916. The monoisotopic (exact) mass is 269 g/mol. The quantitative estimate of drug-likeness (QED) is 0.792. The largest absolute Gasteiger partial charge is 0.396 e. The smallest absolute Gasteiger partial charge is 0.261 e. The maximum Gasteiger partial charge on any atom is 0.261 e. The third-order valence-corrected chi connectivity index (χ3v) is 4.58. The van der Waals surface area contributed by atoms with Gasteiger partial charge in [0, 0.05) is 22.6 Å². The molecule has 0 fully saturated rings. The van der Waals surface area contributed by atoms with E-state index < -0.39 is 0 Å². The maximum absolute atomic E-state index is 11.8. The Morgan fingerprint density at radius 1 is 1.29 bits per heavy atom. The topological polar surface area (TPSA) is 49.3 Å². The van der Waals surface area contributed by atoms with Gasteiger partial charge in [0.1, 0.15) is 0 Å². The fraction of sp³-hybridized carbons (Fsp3) is 0.417. The molecule has 0 saturated heterocycles. The summed E-state index contributed by atoms with van der Waals surface area (Å²) in [5, 5.41) is 13.6. The summed E-state index contributed by atoms with van der Waals surface area (Å²) >= 11 is 3.20. The van der Waals surface area contributed by atoms with E-state index in [2.05, 4.69) is 5.32 Å². The second kappa shape index (κ2) is 6.14. The van der Waals surface area contributed by atoms with E-state index in [-0.39, 0.29) is 12.5 Å². The van der Waals surface area contributed by atoms with Crippen LogP contribution < -0.4 is 5.32 Å². The molecule has 5 heteroatoms. The second-order valence-electron chi connectivity index (χ2n) is 3.80. The van der Waals surface area contributed by atoms with E-state index >= 15 is 0 Å². The lowest BCUT2D eigenvalue weighted by atomic mass is 10.2. The minimum absolute atomic E-state index is 0.0161. The number of carbonyl (C=O) groups is 1. The molecule has 2 aromatic rings. The number of rotatable bonds is 6. The Kier molecular flexibility index (Phi) is 4.53. The van der Waals surface area contributed by atoms with Crippen molar-refractivity contribution in [3.05, 3.63) is 22.4 Å². The van der Waals surface area contributed by atoms with E-state index in [0.29, 0.717) is 6.54 Å². The molecule has 0 bridgehead atoms. The molecule has 3 nitrogen and oxygen atoms in total. The van der Waals surface area contributed by atoms with E-state index in [4.69, 9.17) is 5.11 Å². The normalized spacial score (nSPS) is 10.9. The van der Waals surface area contributed by atoms with Gasteiger partial charge in [-0.3, -0.25) is 4.79 Å². The third-order valence-electron chi connectivity index (χ3n) is 2.48. The van der Waals surface area contributed by atoms with Crippen molar-refractivity contribution < 1.29 is 9.90 Å². The minimum atomic E-state index is 0.0161. The van der Waals surface area contributed by atoms with Gasteiger partial charge in [-0.2, -0.15) is 0 Å². The van der Waals surface area contributed by atoms with Crippen LogP contribution >= 0.6 is 22.7 Å². The van der Waals surface area contributed by atoms with Crippen molar-refractivity contribution >= 4 is 38.0 Å². The van der Waals surface area contributed by atoms with Crippen LogP contribution in [0.5, 0.6) is 0 Å². The van der Waals surface area contributed by atoms with Crippen LogP contribution in [0.4, 0.5) is 0 Å². The van der Waals surface area contributed by atoms with Crippen molar-refractivity contribution in [1.82, 2.24) is 5.32 Å². The number of hydrogen-bond acceptors (Lipinski definition) is 4. The molecule has 0 atom stereocenters. The van der Waals surface area contributed by atoms with E-state index in [9.17, 15) is 4.79 Å². The highest BCUT2D eigenvalue weighted by molar-refractivity contribution is 7.27. The van der Waals surface area contributed by atoms with Gasteiger partial charge in [0.2, 0.25) is 0 Å². The Labute approximate surface area is 108 Å². The summed E-state index contributed by atoms with van der Waals surface area (Å²) in [5.74, 6) is 0.0161. The number of fused-ring (bicyclic) bond motifs is 1. The van der Waals surface area contributed by atoms with Gasteiger partial charge < -0.3 is 10.4 Å². The average Bonchev–Trinajstić information content (AvgIpc) is 2.88. The zero-order valence-electron chi connectivity index (χ0n) is 9.44. The van der Waals surface area contributed by atoms with Crippen molar-refractivity contribution in [1.29, 1.82) is 0 Å². The van der Waals surface area contributed by atoms with Crippen LogP contribution in [0, 0.1) is 0 Å². The molecule has 2 N–H and O–H groups in total. The summed E-state index contributed by atoms with van der Waals surface area (Å²) in [5.41, 5.74) is 0. The van der Waals surface area contributed by atoms with Crippen molar-refractivity contribution in [3.63, 3.8) is 0 Å². The molecule has 1 amide bonds. The van der Waals surface area contributed by atoms with Gasteiger partial charge in [0.15, 0.2) is 0 Å². The first-order valence-corrected chi connectivity index (χ1v) is 7.37. The Balaban J connectivity index is 1.81. The van der Waals surface area contributed by atoms with Crippen molar-refractivity contribution in [2.45, 2.75) is 19.3 Å². The Morgan fingerprint density at radius 2 is 2.18 bits per heavy atom. The molecule has 2 aromatic heterocycles. The Bertz CT molecular complexity index is 461. The SMILES string of the molecule is O=C(NCCCCCO)c1cc2sccc2s1. The fourth-order valence-electron chi connectivity index (χ4n) is 1.58. The number of unbranched alkanes of at least 4 members (excludes halogenated alkanes) is 2. The Morgan fingerprint density at radius 3 is 2.94 bits per heavy atom.